The van der Waals surface area contributed by atoms with Crippen LogP contribution in [0.3, 0.4) is 0 Å². The summed E-state index contributed by atoms with van der Waals surface area (Å²) in [5.41, 5.74) is -2.79. The molecule has 0 radical (unpaired) electrons. The topological polar surface area (TPSA) is 17.1 Å². The molecular formula is C8H3F5O. The van der Waals surface area contributed by atoms with Gasteiger partial charge in [0.25, 0.3) is 0 Å². The summed E-state index contributed by atoms with van der Waals surface area (Å²) < 4.78 is 61.4. The number of aldehydes is 1. The van der Waals surface area contributed by atoms with Gasteiger partial charge in [-0.25, -0.2) is 8.78 Å². The lowest BCUT2D eigenvalue weighted by molar-refractivity contribution is -0.138. The lowest BCUT2D eigenvalue weighted by Gasteiger charge is -2.09. The molecule has 0 N–H and O–H groups in total. The van der Waals surface area contributed by atoms with Gasteiger partial charge in [-0.1, -0.05) is 0 Å². The molecule has 1 nitrogen and oxygen atoms in total. The molecule has 14 heavy (non-hydrogen) atoms. The molecule has 0 bridgehead atoms. The minimum Gasteiger partial charge on any atom is -0.298 e. The molecule has 0 aromatic heterocycles. The first-order valence-corrected chi connectivity index (χ1v) is 3.38. The molecule has 0 aliphatic heterocycles. The zero-order valence-corrected chi connectivity index (χ0v) is 6.53. The Hall–Kier alpha value is -1.46. The standard InChI is InChI=1S/C8H3F5O/c9-6-2-1-5(8(11,12)13)4(3-14)7(6)10/h1-3H. The Morgan fingerprint density at radius 3 is 2.14 bits per heavy atom. The van der Waals surface area contributed by atoms with Crippen LogP contribution in [0.5, 0.6) is 0 Å². The van der Waals surface area contributed by atoms with Gasteiger partial charge in [0.2, 0.25) is 0 Å². The predicted octanol–water partition coefficient (Wildman–Crippen LogP) is 2.80. The molecule has 0 saturated heterocycles. The highest BCUT2D eigenvalue weighted by Gasteiger charge is 2.35. The van der Waals surface area contributed by atoms with Crippen LogP contribution in [0.15, 0.2) is 12.1 Å². The number of hydrogen-bond donors (Lipinski definition) is 0. The normalized spacial score (nSPS) is 11.5. The van der Waals surface area contributed by atoms with E-state index in [1.807, 2.05) is 0 Å². The highest BCUT2D eigenvalue weighted by atomic mass is 19.4. The highest BCUT2D eigenvalue weighted by molar-refractivity contribution is 5.78. The second-order valence-electron chi connectivity index (χ2n) is 2.44. The van der Waals surface area contributed by atoms with Crippen molar-refractivity contribution in [3.63, 3.8) is 0 Å². The Bertz CT molecular complexity index is 369. The molecule has 0 saturated carbocycles. The monoisotopic (exact) mass is 210 g/mol. The van der Waals surface area contributed by atoms with Crippen molar-refractivity contribution < 1.29 is 26.7 Å². The SMILES string of the molecule is O=Cc1c(C(F)(F)F)ccc(F)c1F. The second-order valence-corrected chi connectivity index (χ2v) is 2.44. The zero-order chi connectivity index (χ0) is 10.9. The molecule has 0 heterocycles. The van der Waals surface area contributed by atoms with Crippen LogP contribution in [0.4, 0.5) is 22.0 Å². The lowest BCUT2D eigenvalue weighted by atomic mass is 10.1. The quantitative estimate of drug-likeness (QED) is 0.514. The number of alkyl halides is 3. The fourth-order valence-corrected chi connectivity index (χ4v) is 0.929. The Morgan fingerprint density at radius 1 is 1.14 bits per heavy atom. The van der Waals surface area contributed by atoms with Crippen LogP contribution in [0.25, 0.3) is 0 Å². The molecule has 0 unspecified atom stereocenters. The fourth-order valence-electron chi connectivity index (χ4n) is 0.929. The molecular weight excluding hydrogens is 207 g/mol. The van der Waals surface area contributed by atoms with E-state index >= 15 is 0 Å². The van der Waals surface area contributed by atoms with Gasteiger partial charge in [0.05, 0.1) is 11.1 Å². The molecule has 0 aliphatic carbocycles. The van der Waals surface area contributed by atoms with E-state index in [1.165, 1.54) is 0 Å². The number of carbonyl (C=O) groups is 1. The van der Waals surface area contributed by atoms with Gasteiger partial charge < -0.3 is 0 Å². The molecule has 1 rings (SSSR count). The molecule has 1 aromatic rings. The highest BCUT2D eigenvalue weighted by Crippen LogP contribution is 2.32. The average Bonchev–Trinajstić information content (AvgIpc) is 2.07. The predicted molar refractivity (Wildman–Crippen MR) is 36.7 cm³/mol. The van der Waals surface area contributed by atoms with Crippen molar-refractivity contribution in [3.8, 4) is 0 Å². The van der Waals surface area contributed by atoms with E-state index in [0.717, 1.165) is 0 Å². The van der Waals surface area contributed by atoms with Gasteiger partial charge in [-0.15, -0.1) is 0 Å². The average molecular weight is 210 g/mol. The Balaban J connectivity index is 3.47. The van der Waals surface area contributed by atoms with Gasteiger partial charge in [-0.2, -0.15) is 13.2 Å². The van der Waals surface area contributed by atoms with E-state index in [9.17, 15) is 26.7 Å². The van der Waals surface area contributed by atoms with Gasteiger partial charge in [0.15, 0.2) is 17.9 Å². The van der Waals surface area contributed by atoms with Crippen molar-refractivity contribution in [3.05, 3.63) is 34.9 Å². The smallest absolute Gasteiger partial charge is 0.298 e. The van der Waals surface area contributed by atoms with Crippen LogP contribution in [0.2, 0.25) is 0 Å². The van der Waals surface area contributed by atoms with E-state index in [4.69, 9.17) is 0 Å². The maximum absolute atomic E-state index is 12.7. The van der Waals surface area contributed by atoms with Crippen molar-refractivity contribution in [1.29, 1.82) is 0 Å². The fraction of sp³-hybridized carbons (Fsp3) is 0.125. The van der Waals surface area contributed by atoms with Gasteiger partial charge >= 0.3 is 6.18 Å². The molecule has 1 aromatic carbocycles. The van der Waals surface area contributed by atoms with Crippen LogP contribution < -0.4 is 0 Å². The van der Waals surface area contributed by atoms with Crippen LogP contribution in [0.1, 0.15) is 15.9 Å². The number of halogens is 5. The van der Waals surface area contributed by atoms with Crippen molar-refractivity contribution in [2.24, 2.45) is 0 Å². The third-order valence-electron chi connectivity index (χ3n) is 1.56. The largest absolute Gasteiger partial charge is 0.417 e. The van der Waals surface area contributed by atoms with E-state index in [1.54, 1.807) is 0 Å². The van der Waals surface area contributed by atoms with Crippen molar-refractivity contribution >= 4 is 6.29 Å². The van der Waals surface area contributed by atoms with Gasteiger partial charge in [-0.05, 0) is 12.1 Å². The third kappa shape index (κ3) is 1.73. The first kappa shape index (κ1) is 10.6. The third-order valence-corrected chi connectivity index (χ3v) is 1.56. The molecule has 6 heteroatoms. The van der Waals surface area contributed by atoms with Crippen molar-refractivity contribution in [2.45, 2.75) is 6.18 Å². The van der Waals surface area contributed by atoms with E-state index < -0.39 is 28.9 Å². The maximum Gasteiger partial charge on any atom is 0.417 e. The van der Waals surface area contributed by atoms with E-state index in [-0.39, 0.29) is 6.29 Å². The summed E-state index contributed by atoms with van der Waals surface area (Å²) in [6.07, 6.45) is -5.23. The Morgan fingerprint density at radius 2 is 1.71 bits per heavy atom. The molecule has 0 atom stereocenters. The summed E-state index contributed by atoms with van der Waals surface area (Å²) in [7, 11) is 0. The zero-order valence-electron chi connectivity index (χ0n) is 6.53. The molecule has 76 valence electrons. The summed E-state index contributed by atoms with van der Waals surface area (Å²) in [6.45, 7) is 0. The van der Waals surface area contributed by atoms with Crippen LogP contribution in [-0.4, -0.2) is 6.29 Å². The first-order chi connectivity index (χ1) is 6.38. The first-order valence-electron chi connectivity index (χ1n) is 3.38. The number of carbonyl (C=O) groups excluding carboxylic acids is 1. The summed E-state index contributed by atoms with van der Waals surface area (Å²) in [6, 6.07) is 0.646. The second kappa shape index (κ2) is 3.36. The maximum atomic E-state index is 12.7. The van der Waals surface area contributed by atoms with E-state index in [2.05, 4.69) is 0 Å². The molecule has 0 amide bonds. The van der Waals surface area contributed by atoms with E-state index in [0.29, 0.717) is 12.1 Å². The lowest BCUT2D eigenvalue weighted by Crippen LogP contribution is -2.11. The molecule has 0 aliphatic rings. The van der Waals surface area contributed by atoms with Gasteiger partial charge in [0.1, 0.15) is 0 Å². The number of hydrogen-bond acceptors (Lipinski definition) is 1. The summed E-state index contributed by atoms with van der Waals surface area (Å²) in [4.78, 5) is 10.1. The van der Waals surface area contributed by atoms with Crippen molar-refractivity contribution in [2.75, 3.05) is 0 Å². The summed E-state index contributed by atoms with van der Waals surface area (Å²) >= 11 is 0. The van der Waals surface area contributed by atoms with Crippen LogP contribution >= 0.6 is 0 Å². The Kier molecular flexibility index (Phi) is 2.55. The minimum atomic E-state index is -4.87. The summed E-state index contributed by atoms with van der Waals surface area (Å²) in [5, 5.41) is 0. The Labute approximate surface area is 75.2 Å². The number of benzene rings is 1. The minimum absolute atomic E-state index is 0.322. The summed E-state index contributed by atoms with van der Waals surface area (Å²) in [5.74, 6) is -3.27. The number of rotatable bonds is 1. The molecule has 0 fully saturated rings. The van der Waals surface area contributed by atoms with Crippen LogP contribution in [-0.2, 0) is 6.18 Å². The van der Waals surface area contributed by atoms with Crippen LogP contribution in [0, 0.1) is 11.6 Å². The van der Waals surface area contributed by atoms with Crippen molar-refractivity contribution in [1.82, 2.24) is 0 Å². The molecule has 0 spiro atoms. The van der Waals surface area contributed by atoms with Gasteiger partial charge in [0, 0.05) is 0 Å². The van der Waals surface area contributed by atoms with Gasteiger partial charge in [-0.3, -0.25) is 4.79 Å².